The quantitative estimate of drug-likeness (QED) is 0.716. The van der Waals surface area contributed by atoms with Gasteiger partial charge in [0.2, 0.25) is 10.0 Å². The van der Waals surface area contributed by atoms with Crippen LogP contribution in [0.5, 0.6) is 0 Å². The van der Waals surface area contributed by atoms with E-state index in [1.165, 1.54) is 12.1 Å². The van der Waals surface area contributed by atoms with E-state index in [2.05, 4.69) is 10.0 Å². The Bertz CT molecular complexity index is 575. The van der Waals surface area contributed by atoms with Crippen LogP contribution in [0.3, 0.4) is 0 Å². The highest BCUT2D eigenvalue weighted by atomic mass is 32.2. The molecule has 1 aromatic rings. The Kier molecular flexibility index (Phi) is 7.12. The molecule has 0 fully saturated rings. The minimum absolute atomic E-state index is 0.114. The van der Waals surface area contributed by atoms with E-state index in [-0.39, 0.29) is 16.8 Å². The number of nitrogens with one attached hydrogen (secondary N) is 2. The fraction of sp³-hybridized carbons (Fsp3) is 0.571. The number of hydrogen-bond acceptors (Lipinski definition) is 4. The molecule has 0 aliphatic rings. The lowest BCUT2D eigenvalue weighted by molar-refractivity contribution is 0.546. The van der Waals surface area contributed by atoms with E-state index < -0.39 is 10.0 Å². The van der Waals surface area contributed by atoms with Gasteiger partial charge in [0, 0.05) is 30.4 Å². The lowest BCUT2D eigenvalue weighted by Gasteiger charge is -2.13. The second-order valence-electron chi connectivity index (χ2n) is 5.14. The van der Waals surface area contributed by atoms with Gasteiger partial charge in [-0.1, -0.05) is 13.8 Å². The molecule has 0 radical (unpaired) electrons. The third kappa shape index (κ3) is 5.58. The van der Waals surface area contributed by atoms with E-state index in [0.29, 0.717) is 30.0 Å². The van der Waals surface area contributed by atoms with Gasteiger partial charge < -0.3 is 5.32 Å². The monoisotopic (exact) mass is 334 g/mol. The lowest BCUT2D eigenvalue weighted by Crippen LogP contribution is -2.27. The maximum atomic E-state index is 14.1. The second-order valence-corrected chi connectivity index (χ2v) is 7.89. The van der Waals surface area contributed by atoms with Crippen molar-refractivity contribution in [2.24, 2.45) is 0 Å². The molecule has 7 heteroatoms. The number of rotatable bonds is 8. The van der Waals surface area contributed by atoms with Gasteiger partial charge in [-0.05, 0) is 30.9 Å². The zero-order chi connectivity index (χ0) is 16.0. The normalized spacial score (nSPS) is 12.1. The van der Waals surface area contributed by atoms with Gasteiger partial charge in [-0.3, -0.25) is 0 Å². The zero-order valence-corrected chi connectivity index (χ0v) is 14.5. The van der Waals surface area contributed by atoms with Gasteiger partial charge in [-0.2, -0.15) is 11.8 Å². The summed E-state index contributed by atoms with van der Waals surface area (Å²) in [5.74, 6) is 0.340. The van der Waals surface area contributed by atoms with Crippen LogP contribution in [0.15, 0.2) is 17.0 Å². The van der Waals surface area contributed by atoms with Crippen LogP contribution in [0, 0.1) is 12.7 Å². The molecular formula is C14H23FN2O2S2. The van der Waals surface area contributed by atoms with Crippen LogP contribution in [0.25, 0.3) is 0 Å². The number of aryl methyl sites for hydroxylation is 1. The predicted molar refractivity (Wildman–Crippen MR) is 86.7 cm³/mol. The Morgan fingerprint density at radius 3 is 2.57 bits per heavy atom. The summed E-state index contributed by atoms with van der Waals surface area (Å²) in [7, 11) is -3.59. The lowest BCUT2D eigenvalue weighted by atomic mass is 10.1. The minimum atomic E-state index is -3.59. The van der Waals surface area contributed by atoms with Crippen LogP contribution in [0.2, 0.25) is 0 Å². The summed E-state index contributed by atoms with van der Waals surface area (Å²) in [6.07, 6.45) is 1.91. The van der Waals surface area contributed by atoms with Crippen molar-refractivity contribution >= 4 is 21.8 Å². The molecule has 1 aromatic carbocycles. The van der Waals surface area contributed by atoms with Crippen LogP contribution < -0.4 is 10.0 Å². The van der Waals surface area contributed by atoms with Crippen molar-refractivity contribution < 1.29 is 12.8 Å². The summed E-state index contributed by atoms with van der Waals surface area (Å²) in [5.41, 5.74) is 0.706. The molecule has 0 saturated carbocycles. The summed E-state index contributed by atoms with van der Waals surface area (Å²) in [5, 5.41) is 3.10. The topological polar surface area (TPSA) is 58.2 Å². The van der Waals surface area contributed by atoms with Crippen molar-refractivity contribution in [3.63, 3.8) is 0 Å². The highest BCUT2D eigenvalue weighted by Gasteiger charge is 2.17. The Morgan fingerprint density at radius 1 is 1.33 bits per heavy atom. The predicted octanol–water partition coefficient (Wildman–Crippen LogP) is 2.27. The zero-order valence-electron chi connectivity index (χ0n) is 12.9. The van der Waals surface area contributed by atoms with Gasteiger partial charge in [-0.15, -0.1) is 0 Å². The van der Waals surface area contributed by atoms with Gasteiger partial charge in [0.05, 0.1) is 4.90 Å². The summed E-state index contributed by atoms with van der Waals surface area (Å²) in [4.78, 5) is 0.114. The second kappa shape index (κ2) is 8.12. The number of sulfonamides is 1. The van der Waals surface area contributed by atoms with Crippen molar-refractivity contribution in [1.82, 2.24) is 10.0 Å². The van der Waals surface area contributed by atoms with Crippen LogP contribution in [0.4, 0.5) is 4.39 Å². The van der Waals surface area contributed by atoms with E-state index >= 15 is 0 Å². The van der Waals surface area contributed by atoms with Crippen molar-refractivity contribution in [2.45, 2.75) is 38.3 Å². The Balaban J connectivity index is 3.02. The number of benzene rings is 1. The Labute approximate surface area is 131 Å². The van der Waals surface area contributed by atoms with Crippen LogP contribution in [0.1, 0.15) is 25.0 Å². The van der Waals surface area contributed by atoms with Gasteiger partial charge >= 0.3 is 0 Å². The molecule has 0 heterocycles. The molecule has 0 unspecified atom stereocenters. The van der Waals surface area contributed by atoms with Crippen molar-refractivity contribution in [3.05, 3.63) is 29.1 Å². The van der Waals surface area contributed by atoms with E-state index in [9.17, 15) is 12.8 Å². The molecule has 1 rings (SSSR count). The van der Waals surface area contributed by atoms with Crippen LogP contribution >= 0.6 is 11.8 Å². The van der Waals surface area contributed by atoms with Crippen molar-refractivity contribution in [2.75, 3.05) is 18.6 Å². The first-order valence-electron chi connectivity index (χ1n) is 6.79. The molecule has 0 aromatic heterocycles. The average molecular weight is 334 g/mol. The smallest absolute Gasteiger partial charge is 0.240 e. The molecule has 0 bridgehead atoms. The van der Waals surface area contributed by atoms with Gasteiger partial charge in [-0.25, -0.2) is 17.5 Å². The standard InChI is InChI=1S/C14H23FN2O2S2/c1-10(2)16-9-12-8-13(7-11(3)14(12)15)21(18,19)17-5-6-20-4/h7-8,10,16-17H,5-6,9H2,1-4H3. The van der Waals surface area contributed by atoms with Crippen molar-refractivity contribution in [1.29, 1.82) is 0 Å². The summed E-state index contributed by atoms with van der Waals surface area (Å²) in [6.45, 7) is 6.15. The molecule has 4 nitrogen and oxygen atoms in total. The average Bonchev–Trinajstić information content (AvgIpc) is 2.40. The molecule has 120 valence electrons. The molecular weight excluding hydrogens is 311 g/mol. The number of hydrogen-bond donors (Lipinski definition) is 2. The molecule has 2 N–H and O–H groups in total. The molecule has 0 aliphatic heterocycles. The van der Waals surface area contributed by atoms with E-state index in [1.54, 1.807) is 18.7 Å². The van der Waals surface area contributed by atoms with Gasteiger partial charge in [0.25, 0.3) is 0 Å². The maximum Gasteiger partial charge on any atom is 0.240 e. The summed E-state index contributed by atoms with van der Waals surface area (Å²) >= 11 is 1.56. The molecule has 0 amide bonds. The van der Waals surface area contributed by atoms with E-state index in [4.69, 9.17) is 0 Å². The van der Waals surface area contributed by atoms with Crippen molar-refractivity contribution in [3.8, 4) is 0 Å². The van der Waals surface area contributed by atoms with Gasteiger partial charge in [0.1, 0.15) is 5.82 Å². The Morgan fingerprint density at radius 2 is 2.00 bits per heavy atom. The van der Waals surface area contributed by atoms with Gasteiger partial charge in [0.15, 0.2) is 0 Å². The van der Waals surface area contributed by atoms with E-state index in [1.807, 2.05) is 20.1 Å². The maximum absolute atomic E-state index is 14.1. The SMILES string of the molecule is CSCCNS(=O)(=O)c1cc(C)c(F)c(CNC(C)C)c1. The van der Waals surface area contributed by atoms with Crippen LogP contribution in [-0.4, -0.2) is 33.0 Å². The molecule has 21 heavy (non-hydrogen) atoms. The molecule has 0 aliphatic carbocycles. The first-order valence-corrected chi connectivity index (χ1v) is 9.66. The highest BCUT2D eigenvalue weighted by molar-refractivity contribution is 7.98. The number of thioether (sulfide) groups is 1. The Hall–Kier alpha value is -0.630. The minimum Gasteiger partial charge on any atom is -0.310 e. The fourth-order valence-electron chi connectivity index (χ4n) is 1.77. The third-order valence-corrected chi connectivity index (χ3v) is 4.97. The highest BCUT2D eigenvalue weighted by Crippen LogP contribution is 2.19. The fourth-order valence-corrected chi connectivity index (χ4v) is 3.37. The number of halogens is 1. The first kappa shape index (κ1) is 18.4. The molecule has 0 spiro atoms. The van der Waals surface area contributed by atoms with E-state index in [0.717, 1.165) is 0 Å². The first-order chi connectivity index (χ1) is 9.77. The molecule has 0 saturated heterocycles. The largest absolute Gasteiger partial charge is 0.310 e. The van der Waals surface area contributed by atoms with Crippen LogP contribution in [-0.2, 0) is 16.6 Å². The third-order valence-electron chi connectivity index (χ3n) is 2.91. The summed E-state index contributed by atoms with van der Waals surface area (Å²) < 4.78 is 41.0. The molecule has 0 atom stereocenters. The summed E-state index contributed by atoms with van der Waals surface area (Å²) in [6, 6.07) is 2.97.